The molecule has 3 rings (SSSR count). The summed E-state index contributed by atoms with van der Waals surface area (Å²) < 4.78 is 33.4. The quantitative estimate of drug-likeness (QED) is 0.662. The van der Waals surface area contributed by atoms with E-state index in [9.17, 15) is 8.42 Å². The average molecular weight is 400 g/mol. The number of hydrogen-bond acceptors (Lipinski definition) is 5. The van der Waals surface area contributed by atoms with Crippen LogP contribution in [0.15, 0.2) is 57.4 Å². The van der Waals surface area contributed by atoms with E-state index in [0.717, 1.165) is 10.4 Å². The van der Waals surface area contributed by atoms with Gasteiger partial charge in [-0.05, 0) is 52.0 Å². The van der Waals surface area contributed by atoms with E-state index in [2.05, 4.69) is 4.72 Å². The first-order valence-corrected chi connectivity index (χ1v) is 10.6. The highest BCUT2D eigenvalue weighted by Gasteiger charge is 2.24. The highest BCUT2D eigenvalue weighted by molar-refractivity contribution is 7.89. The van der Waals surface area contributed by atoms with Gasteiger partial charge in [0.2, 0.25) is 10.0 Å². The Hall–Kier alpha value is -1.38. The van der Waals surface area contributed by atoms with Crippen LogP contribution in [0.5, 0.6) is 5.75 Å². The maximum Gasteiger partial charge on any atom is 0.241 e. The Morgan fingerprint density at radius 2 is 2.04 bits per heavy atom. The van der Waals surface area contributed by atoms with Crippen molar-refractivity contribution in [2.24, 2.45) is 0 Å². The predicted molar refractivity (Wildman–Crippen MR) is 98.8 cm³/mol. The molecule has 2 heterocycles. The van der Waals surface area contributed by atoms with Crippen LogP contribution < -0.4 is 9.46 Å². The molecule has 126 valence electrons. The molecule has 0 radical (unpaired) electrons. The van der Waals surface area contributed by atoms with E-state index in [0.29, 0.717) is 5.75 Å². The van der Waals surface area contributed by atoms with Gasteiger partial charge >= 0.3 is 0 Å². The fourth-order valence-electron chi connectivity index (χ4n) is 2.22. The minimum absolute atomic E-state index is 0.102. The Morgan fingerprint density at radius 1 is 1.21 bits per heavy atom. The van der Waals surface area contributed by atoms with Crippen molar-refractivity contribution in [3.05, 3.63) is 68.0 Å². The normalized spacial score (nSPS) is 12.9. The third-order valence-electron chi connectivity index (χ3n) is 3.41. The van der Waals surface area contributed by atoms with Gasteiger partial charge in [0.05, 0.1) is 23.1 Å². The first-order valence-electron chi connectivity index (χ1n) is 6.92. The lowest BCUT2D eigenvalue weighted by molar-refractivity contribution is 0.414. The molecule has 8 heteroatoms. The molecule has 0 spiro atoms. The first kappa shape index (κ1) is 17.4. The van der Waals surface area contributed by atoms with Gasteiger partial charge in [-0.1, -0.05) is 17.7 Å². The second kappa shape index (κ2) is 7.25. The van der Waals surface area contributed by atoms with Gasteiger partial charge in [0.25, 0.3) is 0 Å². The van der Waals surface area contributed by atoms with Crippen LogP contribution in [-0.4, -0.2) is 15.5 Å². The highest BCUT2D eigenvalue weighted by atomic mass is 35.5. The van der Waals surface area contributed by atoms with Crippen LogP contribution in [0, 0.1) is 0 Å². The molecule has 4 nitrogen and oxygen atoms in total. The number of thiophene rings is 2. The van der Waals surface area contributed by atoms with Crippen LogP contribution in [0.25, 0.3) is 0 Å². The van der Waals surface area contributed by atoms with Crippen molar-refractivity contribution in [1.82, 2.24) is 4.72 Å². The number of ether oxygens (including phenoxy) is 1. The second-order valence-electron chi connectivity index (χ2n) is 4.92. The molecule has 0 bridgehead atoms. The summed E-state index contributed by atoms with van der Waals surface area (Å²) in [6.45, 7) is 0. The van der Waals surface area contributed by atoms with Gasteiger partial charge in [-0.2, -0.15) is 16.1 Å². The molecule has 3 aromatic rings. The maximum atomic E-state index is 12.8. The zero-order valence-corrected chi connectivity index (χ0v) is 15.8. The fourth-order valence-corrected chi connectivity index (χ4v) is 5.34. The van der Waals surface area contributed by atoms with E-state index in [1.165, 1.54) is 41.9 Å². The lowest BCUT2D eigenvalue weighted by atomic mass is 10.1. The van der Waals surface area contributed by atoms with Gasteiger partial charge in [-0.25, -0.2) is 8.42 Å². The molecule has 0 aliphatic carbocycles. The number of benzene rings is 1. The third-order valence-corrected chi connectivity index (χ3v) is 6.77. The maximum absolute atomic E-state index is 12.8. The van der Waals surface area contributed by atoms with Crippen LogP contribution in [0.4, 0.5) is 0 Å². The predicted octanol–water partition coefficient (Wildman–Crippen LogP) is 4.54. The Kier molecular flexibility index (Phi) is 5.27. The van der Waals surface area contributed by atoms with Crippen LogP contribution in [0.1, 0.15) is 16.5 Å². The van der Waals surface area contributed by atoms with E-state index >= 15 is 0 Å². The molecule has 24 heavy (non-hydrogen) atoms. The van der Waals surface area contributed by atoms with Crippen molar-refractivity contribution in [2.45, 2.75) is 10.9 Å². The van der Waals surface area contributed by atoms with Crippen molar-refractivity contribution < 1.29 is 13.2 Å². The number of sulfonamides is 1. The topological polar surface area (TPSA) is 55.4 Å². The smallest absolute Gasteiger partial charge is 0.241 e. The average Bonchev–Trinajstić information content (AvgIpc) is 3.26. The van der Waals surface area contributed by atoms with E-state index in [4.69, 9.17) is 16.3 Å². The standard InChI is InChI=1S/C16H14ClNO3S3/c1-21-14-5-4-12(9-13(14)17)24(19,20)18-16(11-6-8-22-10-11)15-3-2-7-23-15/h2-10,16,18H,1H3. The summed E-state index contributed by atoms with van der Waals surface area (Å²) in [7, 11) is -2.25. The summed E-state index contributed by atoms with van der Waals surface area (Å²) in [6, 6.07) is 9.71. The molecule has 0 saturated heterocycles. The Balaban J connectivity index is 1.95. The molecule has 1 unspecified atom stereocenters. The molecule has 2 aromatic heterocycles. The van der Waals surface area contributed by atoms with Crippen LogP contribution in [0.3, 0.4) is 0 Å². The van der Waals surface area contributed by atoms with Crippen molar-refractivity contribution in [1.29, 1.82) is 0 Å². The van der Waals surface area contributed by atoms with Crippen molar-refractivity contribution in [3.63, 3.8) is 0 Å². The van der Waals surface area contributed by atoms with Crippen LogP contribution in [-0.2, 0) is 10.0 Å². The van der Waals surface area contributed by atoms with E-state index < -0.39 is 16.1 Å². The third kappa shape index (κ3) is 3.65. The summed E-state index contributed by atoms with van der Waals surface area (Å²) in [5.74, 6) is 0.434. The van der Waals surface area contributed by atoms with Crippen LogP contribution >= 0.6 is 34.3 Å². The summed E-state index contributed by atoms with van der Waals surface area (Å²) >= 11 is 9.09. The van der Waals surface area contributed by atoms with Gasteiger partial charge in [-0.15, -0.1) is 11.3 Å². The van der Waals surface area contributed by atoms with Gasteiger partial charge in [0.15, 0.2) is 0 Å². The van der Waals surface area contributed by atoms with Crippen molar-refractivity contribution >= 4 is 44.3 Å². The summed E-state index contributed by atoms with van der Waals surface area (Å²) in [4.78, 5) is 1.03. The molecular formula is C16H14ClNO3S3. The Morgan fingerprint density at radius 3 is 2.62 bits per heavy atom. The highest BCUT2D eigenvalue weighted by Crippen LogP contribution is 2.31. The van der Waals surface area contributed by atoms with Gasteiger partial charge in [0.1, 0.15) is 5.75 Å². The molecule has 1 atom stereocenters. The van der Waals surface area contributed by atoms with E-state index in [-0.39, 0.29) is 9.92 Å². The van der Waals surface area contributed by atoms with Crippen molar-refractivity contribution in [2.75, 3.05) is 7.11 Å². The Bertz CT molecular complexity index is 872. The second-order valence-corrected chi connectivity index (χ2v) is 8.80. The molecule has 0 fully saturated rings. The fraction of sp³-hybridized carbons (Fsp3) is 0.125. The largest absolute Gasteiger partial charge is 0.495 e. The molecule has 1 N–H and O–H groups in total. The monoisotopic (exact) mass is 399 g/mol. The summed E-state index contributed by atoms with van der Waals surface area (Å²) in [5.41, 5.74) is 0.908. The molecule has 0 amide bonds. The minimum Gasteiger partial charge on any atom is -0.495 e. The van der Waals surface area contributed by atoms with Gasteiger partial charge in [0, 0.05) is 4.88 Å². The van der Waals surface area contributed by atoms with Gasteiger partial charge < -0.3 is 4.74 Å². The molecule has 0 aliphatic heterocycles. The lowest BCUT2D eigenvalue weighted by Gasteiger charge is -2.17. The number of halogens is 1. The molecule has 0 saturated carbocycles. The number of methoxy groups -OCH3 is 1. The summed E-state index contributed by atoms with van der Waals surface area (Å²) in [5, 5.41) is 6.04. The Labute approximate surface area is 153 Å². The zero-order chi connectivity index (χ0) is 17.2. The van der Waals surface area contributed by atoms with E-state index in [1.807, 2.05) is 34.3 Å². The zero-order valence-electron chi connectivity index (χ0n) is 12.6. The molecule has 0 aliphatic rings. The number of nitrogens with one attached hydrogen (secondary N) is 1. The molecular weight excluding hydrogens is 386 g/mol. The van der Waals surface area contributed by atoms with Crippen LogP contribution in [0.2, 0.25) is 5.02 Å². The van der Waals surface area contributed by atoms with E-state index in [1.54, 1.807) is 6.07 Å². The SMILES string of the molecule is COc1ccc(S(=O)(=O)NC(c2ccsc2)c2cccs2)cc1Cl. The van der Waals surface area contributed by atoms with Crippen molar-refractivity contribution in [3.8, 4) is 5.75 Å². The van der Waals surface area contributed by atoms with Gasteiger partial charge in [-0.3, -0.25) is 0 Å². The minimum atomic E-state index is -3.74. The first-order chi connectivity index (χ1) is 11.5. The number of rotatable bonds is 6. The lowest BCUT2D eigenvalue weighted by Crippen LogP contribution is -2.28. The summed E-state index contributed by atoms with van der Waals surface area (Å²) in [6.07, 6.45) is 0. The molecule has 1 aromatic carbocycles. The number of hydrogen-bond donors (Lipinski definition) is 1.